The van der Waals surface area contributed by atoms with Crippen LogP contribution in [0.2, 0.25) is 0 Å². The topological polar surface area (TPSA) is 83.7 Å². The van der Waals surface area contributed by atoms with Crippen molar-refractivity contribution in [1.82, 2.24) is 9.21 Å². The molecule has 0 bridgehead atoms. The molecule has 140 valence electrons. The van der Waals surface area contributed by atoms with Crippen LogP contribution in [0.15, 0.2) is 23.1 Å². The van der Waals surface area contributed by atoms with Gasteiger partial charge in [0, 0.05) is 26.2 Å². The van der Waals surface area contributed by atoms with E-state index in [1.165, 1.54) is 13.0 Å². The lowest BCUT2D eigenvalue weighted by atomic mass is 9.98. The van der Waals surface area contributed by atoms with Gasteiger partial charge >= 0.3 is 6.18 Å². The minimum Gasteiger partial charge on any atom is -0.369 e. The second-order valence-electron chi connectivity index (χ2n) is 6.08. The van der Waals surface area contributed by atoms with Crippen LogP contribution in [-0.2, 0) is 21.0 Å². The summed E-state index contributed by atoms with van der Waals surface area (Å²) in [5.74, 6) is -1.75. The van der Waals surface area contributed by atoms with Gasteiger partial charge < -0.3 is 10.6 Å². The van der Waals surface area contributed by atoms with Crippen molar-refractivity contribution >= 4 is 15.9 Å². The number of alkyl halides is 3. The Morgan fingerprint density at radius 3 is 2.24 bits per heavy atom. The number of carbonyl (C=O) groups excluding carboxylic acids is 1. The second kappa shape index (κ2) is 6.93. The summed E-state index contributed by atoms with van der Waals surface area (Å²) in [5.41, 5.74) is 3.87. The molecule has 0 radical (unpaired) electrons. The molecule has 25 heavy (non-hydrogen) atoms. The number of rotatable bonds is 4. The molecule has 6 nitrogen and oxygen atoms in total. The molecule has 1 saturated heterocycles. The van der Waals surface area contributed by atoms with Crippen molar-refractivity contribution in [3.63, 3.8) is 0 Å². The Balaban J connectivity index is 2.51. The van der Waals surface area contributed by atoms with Crippen LogP contribution in [0.25, 0.3) is 0 Å². The molecule has 1 aliphatic rings. The van der Waals surface area contributed by atoms with E-state index in [2.05, 4.69) is 0 Å². The van der Waals surface area contributed by atoms with Gasteiger partial charge in [0.2, 0.25) is 15.9 Å². The van der Waals surface area contributed by atoms with Crippen LogP contribution >= 0.6 is 0 Å². The third-order valence-electron chi connectivity index (χ3n) is 4.32. The fraction of sp³-hybridized carbons (Fsp3) is 0.533. The summed E-state index contributed by atoms with van der Waals surface area (Å²) in [4.78, 5) is 12.3. The highest BCUT2D eigenvalue weighted by atomic mass is 32.2. The van der Waals surface area contributed by atoms with Gasteiger partial charge in [0.1, 0.15) is 0 Å². The molecule has 2 rings (SSSR count). The molecule has 10 heteroatoms. The first kappa shape index (κ1) is 19.7. The molecule has 1 heterocycles. The van der Waals surface area contributed by atoms with Gasteiger partial charge in [-0.15, -0.1) is 0 Å². The van der Waals surface area contributed by atoms with E-state index in [0.29, 0.717) is 19.2 Å². The van der Waals surface area contributed by atoms with E-state index in [1.54, 1.807) is 0 Å². The molecule has 0 spiro atoms. The van der Waals surface area contributed by atoms with E-state index >= 15 is 0 Å². The first-order chi connectivity index (χ1) is 11.4. The maximum absolute atomic E-state index is 13.4. The van der Waals surface area contributed by atoms with E-state index in [0.717, 1.165) is 10.4 Å². The molecule has 1 fully saturated rings. The zero-order chi connectivity index (χ0) is 19.0. The first-order valence-corrected chi connectivity index (χ1v) is 9.07. The Morgan fingerprint density at radius 2 is 1.76 bits per heavy atom. The number of hydrogen-bond donors (Lipinski definition) is 1. The Bertz CT molecular complexity index is 757. The summed E-state index contributed by atoms with van der Waals surface area (Å²) in [6, 6.07) is 2.80. The van der Waals surface area contributed by atoms with Gasteiger partial charge in [0.15, 0.2) is 0 Å². The average molecular weight is 379 g/mol. The van der Waals surface area contributed by atoms with Gasteiger partial charge in [-0.05, 0) is 31.7 Å². The standard InChI is InChI=1S/C15H20F3N3O3S/c1-10(14(19)22)11-3-4-13(12(9-11)15(16,17)18)25(23,24)21-7-5-20(2)6-8-21/h3-4,9-10H,5-8H2,1-2H3,(H2,19,22). The number of primary amides is 1. The largest absolute Gasteiger partial charge is 0.417 e. The fourth-order valence-electron chi connectivity index (χ4n) is 2.60. The second-order valence-corrected chi connectivity index (χ2v) is 7.99. The highest BCUT2D eigenvalue weighted by molar-refractivity contribution is 7.89. The Morgan fingerprint density at radius 1 is 1.20 bits per heavy atom. The molecular weight excluding hydrogens is 359 g/mol. The summed E-state index contributed by atoms with van der Waals surface area (Å²) >= 11 is 0. The van der Waals surface area contributed by atoms with Crippen molar-refractivity contribution in [2.24, 2.45) is 5.73 Å². The predicted molar refractivity (Wildman–Crippen MR) is 85.3 cm³/mol. The third-order valence-corrected chi connectivity index (χ3v) is 6.27. The molecule has 1 aromatic rings. The molecule has 1 aliphatic heterocycles. The van der Waals surface area contributed by atoms with Crippen LogP contribution in [0.4, 0.5) is 13.2 Å². The number of amides is 1. The minimum absolute atomic E-state index is 0.0251. The summed E-state index contributed by atoms with van der Waals surface area (Å²) in [6.07, 6.45) is -4.87. The number of nitrogens with two attached hydrogens (primary N) is 1. The minimum atomic E-state index is -4.87. The van der Waals surface area contributed by atoms with Crippen LogP contribution in [0, 0.1) is 0 Å². The zero-order valence-electron chi connectivity index (χ0n) is 13.9. The number of likely N-dealkylation sites (N-methyl/N-ethyl adjacent to an activating group) is 1. The van der Waals surface area contributed by atoms with Crippen LogP contribution in [0.1, 0.15) is 24.0 Å². The highest BCUT2D eigenvalue weighted by Crippen LogP contribution is 2.37. The zero-order valence-corrected chi connectivity index (χ0v) is 14.7. The van der Waals surface area contributed by atoms with Gasteiger partial charge in [-0.1, -0.05) is 6.07 Å². The number of piperazine rings is 1. The summed E-state index contributed by atoms with van der Waals surface area (Å²) in [6.45, 7) is 2.49. The van der Waals surface area contributed by atoms with E-state index in [9.17, 15) is 26.4 Å². The number of halogens is 3. The van der Waals surface area contributed by atoms with Crippen LogP contribution in [-0.4, -0.2) is 56.8 Å². The summed E-state index contributed by atoms with van der Waals surface area (Å²) in [5, 5.41) is 0. The third kappa shape index (κ3) is 4.13. The molecule has 1 aromatic carbocycles. The van der Waals surface area contributed by atoms with Gasteiger partial charge in [0.05, 0.1) is 16.4 Å². The lowest BCUT2D eigenvalue weighted by Crippen LogP contribution is -2.47. The normalized spacial score (nSPS) is 18.9. The monoisotopic (exact) mass is 379 g/mol. The number of benzene rings is 1. The smallest absolute Gasteiger partial charge is 0.369 e. The van der Waals surface area contributed by atoms with Gasteiger partial charge in [-0.2, -0.15) is 17.5 Å². The van der Waals surface area contributed by atoms with Crippen molar-refractivity contribution in [2.75, 3.05) is 33.2 Å². The van der Waals surface area contributed by atoms with Crippen molar-refractivity contribution in [2.45, 2.75) is 23.9 Å². The van der Waals surface area contributed by atoms with Crippen LogP contribution in [0.3, 0.4) is 0 Å². The number of nitrogens with zero attached hydrogens (tertiary/aromatic N) is 2. The highest BCUT2D eigenvalue weighted by Gasteiger charge is 2.40. The molecular formula is C15H20F3N3O3S. The maximum atomic E-state index is 13.4. The quantitative estimate of drug-likeness (QED) is 0.853. The molecule has 0 saturated carbocycles. The fourth-order valence-corrected chi connectivity index (χ4v) is 4.21. The van der Waals surface area contributed by atoms with Crippen LogP contribution < -0.4 is 5.73 Å². The van der Waals surface area contributed by atoms with Crippen molar-refractivity contribution in [3.05, 3.63) is 29.3 Å². The number of carbonyl (C=O) groups is 1. The molecule has 1 amide bonds. The lowest BCUT2D eigenvalue weighted by molar-refractivity contribution is -0.140. The van der Waals surface area contributed by atoms with Crippen molar-refractivity contribution in [1.29, 1.82) is 0 Å². The predicted octanol–water partition coefficient (Wildman–Crippen LogP) is 1.23. The molecule has 1 atom stereocenters. The SMILES string of the molecule is CC(C(N)=O)c1ccc(S(=O)(=O)N2CCN(C)CC2)c(C(F)(F)F)c1. The van der Waals surface area contributed by atoms with Crippen molar-refractivity contribution in [3.8, 4) is 0 Å². The van der Waals surface area contributed by atoms with E-state index < -0.39 is 38.5 Å². The van der Waals surface area contributed by atoms with Crippen molar-refractivity contribution < 1.29 is 26.4 Å². The Kier molecular flexibility index (Phi) is 5.45. The summed E-state index contributed by atoms with van der Waals surface area (Å²) < 4.78 is 66.8. The number of hydrogen-bond acceptors (Lipinski definition) is 4. The van der Waals surface area contributed by atoms with E-state index in [-0.39, 0.29) is 18.7 Å². The van der Waals surface area contributed by atoms with Gasteiger partial charge in [0.25, 0.3) is 0 Å². The lowest BCUT2D eigenvalue weighted by Gasteiger charge is -2.32. The molecule has 0 aromatic heterocycles. The van der Waals surface area contributed by atoms with Gasteiger partial charge in [-0.25, -0.2) is 8.42 Å². The van der Waals surface area contributed by atoms with Gasteiger partial charge in [-0.3, -0.25) is 4.79 Å². The molecule has 0 aliphatic carbocycles. The number of sulfonamides is 1. The van der Waals surface area contributed by atoms with E-state index in [1.807, 2.05) is 11.9 Å². The maximum Gasteiger partial charge on any atom is 0.417 e. The first-order valence-electron chi connectivity index (χ1n) is 7.63. The van der Waals surface area contributed by atoms with E-state index in [4.69, 9.17) is 5.73 Å². The average Bonchev–Trinajstić information content (AvgIpc) is 2.53. The summed E-state index contributed by atoms with van der Waals surface area (Å²) in [7, 11) is -2.48. The Labute approximate surface area is 144 Å². The Hall–Kier alpha value is -1.65. The molecule has 1 unspecified atom stereocenters. The molecule has 2 N–H and O–H groups in total. The van der Waals surface area contributed by atoms with Crippen LogP contribution in [0.5, 0.6) is 0 Å².